The number of nitrogens with zero attached hydrogens (tertiary/aromatic N) is 2. The minimum atomic E-state index is -0.304. The van der Waals surface area contributed by atoms with Crippen LogP contribution in [0.15, 0.2) is 24.3 Å². The zero-order valence-electron chi connectivity index (χ0n) is 14.6. The Balaban J connectivity index is 1.54. The summed E-state index contributed by atoms with van der Waals surface area (Å²) >= 11 is 0. The van der Waals surface area contributed by atoms with Crippen LogP contribution in [0.1, 0.15) is 46.9 Å². The Morgan fingerprint density at radius 3 is 2.52 bits per heavy atom. The lowest BCUT2D eigenvalue weighted by atomic mass is 9.98. The maximum Gasteiger partial charge on any atom is 0.261 e. The van der Waals surface area contributed by atoms with E-state index in [0.29, 0.717) is 36.8 Å². The molecule has 1 atom stereocenters. The van der Waals surface area contributed by atoms with E-state index < -0.39 is 0 Å². The van der Waals surface area contributed by atoms with Crippen molar-refractivity contribution < 1.29 is 19.1 Å². The molecule has 2 aliphatic rings. The molecular formula is C19H24N2O4. The molecule has 2 heterocycles. The van der Waals surface area contributed by atoms with Crippen LogP contribution in [0.3, 0.4) is 0 Å². The van der Waals surface area contributed by atoms with Gasteiger partial charge in [-0.1, -0.05) is 12.1 Å². The molecule has 25 heavy (non-hydrogen) atoms. The third kappa shape index (κ3) is 3.74. The van der Waals surface area contributed by atoms with Gasteiger partial charge in [-0.3, -0.25) is 19.3 Å². The van der Waals surface area contributed by atoms with Gasteiger partial charge in [-0.25, -0.2) is 0 Å². The summed E-state index contributed by atoms with van der Waals surface area (Å²) in [5.41, 5.74) is 0.851. The highest BCUT2D eigenvalue weighted by atomic mass is 16.5. The molecule has 3 rings (SSSR count). The fourth-order valence-electron chi connectivity index (χ4n) is 3.52. The number of benzene rings is 1. The Morgan fingerprint density at radius 1 is 1.20 bits per heavy atom. The first-order valence-corrected chi connectivity index (χ1v) is 8.92. The number of carbonyl (C=O) groups excluding carboxylic acids is 3. The summed E-state index contributed by atoms with van der Waals surface area (Å²) in [5.74, 6) is -0.239. The highest BCUT2D eigenvalue weighted by molar-refractivity contribution is 6.21. The molecule has 6 nitrogen and oxygen atoms in total. The first-order valence-electron chi connectivity index (χ1n) is 8.92. The second-order valence-electron chi connectivity index (χ2n) is 6.57. The number of imide groups is 1. The molecule has 1 fully saturated rings. The van der Waals surface area contributed by atoms with Crippen molar-refractivity contribution in [2.75, 3.05) is 32.8 Å². The summed E-state index contributed by atoms with van der Waals surface area (Å²) < 4.78 is 5.47. The molecule has 0 radical (unpaired) electrons. The van der Waals surface area contributed by atoms with Gasteiger partial charge in [0, 0.05) is 32.7 Å². The van der Waals surface area contributed by atoms with Crippen molar-refractivity contribution in [3.8, 4) is 0 Å². The quantitative estimate of drug-likeness (QED) is 0.740. The maximum atomic E-state index is 12.5. The largest absolute Gasteiger partial charge is 0.381 e. The number of carbonyl (C=O) groups is 3. The van der Waals surface area contributed by atoms with Gasteiger partial charge in [-0.2, -0.15) is 0 Å². The Bertz CT molecular complexity index is 638. The van der Waals surface area contributed by atoms with Crippen molar-refractivity contribution in [1.82, 2.24) is 9.80 Å². The number of ether oxygens (including phenoxy) is 1. The van der Waals surface area contributed by atoms with Crippen LogP contribution in [-0.4, -0.2) is 60.4 Å². The van der Waals surface area contributed by atoms with Crippen molar-refractivity contribution >= 4 is 17.7 Å². The average Bonchev–Trinajstić information content (AvgIpc) is 2.89. The van der Waals surface area contributed by atoms with Crippen molar-refractivity contribution in [2.24, 2.45) is 5.92 Å². The third-order valence-electron chi connectivity index (χ3n) is 4.86. The van der Waals surface area contributed by atoms with Crippen LogP contribution in [0.4, 0.5) is 0 Å². The number of likely N-dealkylation sites (tertiary alicyclic amines) is 1. The average molecular weight is 344 g/mol. The summed E-state index contributed by atoms with van der Waals surface area (Å²) in [6.07, 6.45) is 2.21. The molecule has 0 aromatic heterocycles. The van der Waals surface area contributed by atoms with E-state index in [-0.39, 0.29) is 30.7 Å². The van der Waals surface area contributed by atoms with Crippen LogP contribution in [0, 0.1) is 5.92 Å². The molecule has 0 unspecified atom stereocenters. The zero-order chi connectivity index (χ0) is 17.8. The molecular weight excluding hydrogens is 320 g/mol. The molecule has 6 heteroatoms. The molecule has 1 aromatic carbocycles. The highest BCUT2D eigenvalue weighted by Gasteiger charge is 2.35. The predicted octanol–water partition coefficient (Wildman–Crippen LogP) is 1.95. The number of hydrogen-bond donors (Lipinski definition) is 0. The SMILES string of the molecule is CCOC[C@H]1CCCN(C(=O)CCN2C(=O)c3ccccc3C2=O)C1. The van der Waals surface area contributed by atoms with E-state index in [4.69, 9.17) is 4.74 Å². The zero-order valence-corrected chi connectivity index (χ0v) is 14.6. The smallest absolute Gasteiger partial charge is 0.261 e. The second-order valence-corrected chi connectivity index (χ2v) is 6.57. The van der Waals surface area contributed by atoms with Gasteiger partial charge in [0.05, 0.1) is 17.7 Å². The van der Waals surface area contributed by atoms with Crippen LogP contribution in [0.25, 0.3) is 0 Å². The molecule has 1 saturated heterocycles. The van der Waals surface area contributed by atoms with Crippen LogP contribution >= 0.6 is 0 Å². The van der Waals surface area contributed by atoms with Crippen LogP contribution < -0.4 is 0 Å². The maximum absolute atomic E-state index is 12.5. The van der Waals surface area contributed by atoms with E-state index in [9.17, 15) is 14.4 Å². The second kappa shape index (κ2) is 7.78. The normalized spacial score (nSPS) is 20.1. The molecule has 134 valence electrons. The summed E-state index contributed by atoms with van der Waals surface area (Å²) in [4.78, 5) is 40.2. The van der Waals surface area contributed by atoms with Crippen molar-refractivity contribution in [1.29, 1.82) is 0 Å². The molecule has 0 spiro atoms. The Kier molecular flexibility index (Phi) is 5.48. The van der Waals surface area contributed by atoms with Crippen molar-refractivity contribution in [3.63, 3.8) is 0 Å². The van der Waals surface area contributed by atoms with Gasteiger partial charge in [-0.05, 0) is 37.8 Å². The van der Waals surface area contributed by atoms with Crippen LogP contribution in [0.5, 0.6) is 0 Å². The van der Waals surface area contributed by atoms with Gasteiger partial charge in [-0.15, -0.1) is 0 Å². The lowest BCUT2D eigenvalue weighted by Crippen LogP contribution is -2.43. The summed E-state index contributed by atoms with van der Waals surface area (Å²) in [6, 6.07) is 6.79. The van der Waals surface area contributed by atoms with E-state index >= 15 is 0 Å². The number of fused-ring (bicyclic) bond motifs is 1. The molecule has 3 amide bonds. The van der Waals surface area contributed by atoms with Crippen LogP contribution in [-0.2, 0) is 9.53 Å². The first-order chi connectivity index (χ1) is 12.1. The van der Waals surface area contributed by atoms with E-state index in [1.807, 2.05) is 11.8 Å². The monoisotopic (exact) mass is 344 g/mol. The Morgan fingerprint density at radius 2 is 1.88 bits per heavy atom. The van der Waals surface area contributed by atoms with E-state index in [2.05, 4.69) is 0 Å². The number of rotatable bonds is 6. The van der Waals surface area contributed by atoms with E-state index in [1.54, 1.807) is 24.3 Å². The van der Waals surface area contributed by atoms with Crippen LogP contribution in [0.2, 0.25) is 0 Å². The summed E-state index contributed by atoms with van der Waals surface area (Å²) in [5, 5.41) is 0. The first kappa shape index (κ1) is 17.6. The summed E-state index contributed by atoms with van der Waals surface area (Å²) in [6.45, 7) is 4.90. The van der Waals surface area contributed by atoms with Gasteiger partial charge in [0.1, 0.15) is 0 Å². The minimum Gasteiger partial charge on any atom is -0.381 e. The van der Waals surface area contributed by atoms with Gasteiger partial charge in [0.25, 0.3) is 11.8 Å². The minimum absolute atomic E-state index is 0.00208. The Labute approximate surface area is 147 Å². The van der Waals surface area contributed by atoms with Gasteiger partial charge < -0.3 is 9.64 Å². The van der Waals surface area contributed by atoms with Gasteiger partial charge in [0.15, 0.2) is 0 Å². The van der Waals surface area contributed by atoms with E-state index in [1.165, 1.54) is 4.90 Å². The number of amides is 3. The van der Waals surface area contributed by atoms with Crippen molar-refractivity contribution in [2.45, 2.75) is 26.2 Å². The fourth-order valence-corrected chi connectivity index (χ4v) is 3.52. The molecule has 0 N–H and O–H groups in total. The number of hydrogen-bond acceptors (Lipinski definition) is 4. The van der Waals surface area contributed by atoms with Gasteiger partial charge in [0.2, 0.25) is 5.91 Å². The highest BCUT2D eigenvalue weighted by Crippen LogP contribution is 2.23. The number of piperidine rings is 1. The van der Waals surface area contributed by atoms with Crippen molar-refractivity contribution in [3.05, 3.63) is 35.4 Å². The lowest BCUT2D eigenvalue weighted by Gasteiger charge is -2.33. The predicted molar refractivity (Wildman–Crippen MR) is 92.2 cm³/mol. The van der Waals surface area contributed by atoms with E-state index in [0.717, 1.165) is 19.4 Å². The lowest BCUT2D eigenvalue weighted by molar-refractivity contribution is -0.133. The summed E-state index contributed by atoms with van der Waals surface area (Å²) in [7, 11) is 0. The molecule has 0 aliphatic carbocycles. The topological polar surface area (TPSA) is 66.9 Å². The standard InChI is InChI=1S/C19H24N2O4/c1-2-25-13-14-6-5-10-20(12-14)17(22)9-11-21-18(23)15-7-3-4-8-16(15)19(21)24/h3-4,7-8,14H,2,5-6,9-13H2,1H3/t14-/m0/s1. The molecule has 2 aliphatic heterocycles. The molecule has 0 bridgehead atoms. The molecule has 0 saturated carbocycles. The molecule has 1 aromatic rings. The Hall–Kier alpha value is -2.21. The third-order valence-corrected chi connectivity index (χ3v) is 4.86. The van der Waals surface area contributed by atoms with Gasteiger partial charge >= 0.3 is 0 Å². The fraction of sp³-hybridized carbons (Fsp3) is 0.526.